The van der Waals surface area contributed by atoms with Crippen LogP contribution < -0.4 is 5.32 Å². The van der Waals surface area contributed by atoms with Gasteiger partial charge >= 0.3 is 6.18 Å². The number of rotatable bonds is 5. The molecular formula is C13H16F3NO. The number of aliphatic hydroxyl groups is 1. The fourth-order valence-electron chi connectivity index (χ4n) is 1.79. The number of benzene rings is 1. The van der Waals surface area contributed by atoms with E-state index < -0.39 is 18.8 Å². The van der Waals surface area contributed by atoms with Gasteiger partial charge in [0.1, 0.15) is 0 Å². The lowest BCUT2D eigenvalue weighted by Crippen LogP contribution is -2.38. The van der Waals surface area contributed by atoms with E-state index in [0.29, 0.717) is 12.5 Å². The number of alkyl halides is 3. The van der Waals surface area contributed by atoms with Crippen molar-refractivity contribution in [1.29, 1.82) is 0 Å². The second-order valence-corrected chi connectivity index (χ2v) is 4.70. The van der Waals surface area contributed by atoms with Crippen LogP contribution in [0.3, 0.4) is 0 Å². The second kappa shape index (κ2) is 5.28. The van der Waals surface area contributed by atoms with Gasteiger partial charge in [0.25, 0.3) is 0 Å². The van der Waals surface area contributed by atoms with Gasteiger partial charge in [-0.2, -0.15) is 13.2 Å². The van der Waals surface area contributed by atoms with E-state index in [1.54, 1.807) is 0 Å². The zero-order valence-corrected chi connectivity index (χ0v) is 9.87. The molecule has 1 unspecified atom stereocenters. The molecule has 2 nitrogen and oxygen atoms in total. The number of nitrogens with one attached hydrogen (secondary N) is 1. The maximum atomic E-state index is 12.0. The third kappa shape index (κ3) is 3.71. The minimum Gasteiger partial charge on any atom is -0.382 e. The highest BCUT2D eigenvalue weighted by molar-refractivity contribution is 5.27. The highest BCUT2D eigenvalue weighted by Crippen LogP contribution is 2.39. The zero-order valence-electron chi connectivity index (χ0n) is 9.87. The van der Waals surface area contributed by atoms with Gasteiger partial charge in [-0.1, -0.05) is 24.3 Å². The van der Waals surface area contributed by atoms with Crippen molar-refractivity contribution in [1.82, 2.24) is 5.32 Å². The Hall–Kier alpha value is -1.07. The number of aliphatic hydroxyl groups excluding tert-OH is 1. The lowest BCUT2D eigenvalue weighted by Gasteiger charge is -2.15. The van der Waals surface area contributed by atoms with Crippen LogP contribution in [0.4, 0.5) is 13.2 Å². The van der Waals surface area contributed by atoms with Crippen LogP contribution in [0.2, 0.25) is 0 Å². The summed E-state index contributed by atoms with van der Waals surface area (Å²) in [6.07, 6.45) is -4.39. The van der Waals surface area contributed by atoms with Crippen LogP contribution in [0.5, 0.6) is 0 Å². The van der Waals surface area contributed by atoms with Crippen LogP contribution in [-0.2, 0) is 6.54 Å². The summed E-state index contributed by atoms with van der Waals surface area (Å²) in [7, 11) is 0. The average molecular weight is 259 g/mol. The van der Waals surface area contributed by atoms with Gasteiger partial charge in [-0.3, -0.25) is 0 Å². The standard InChI is InChI=1S/C13H16F3NO/c14-13(15,16)12(18)8-17-7-9-1-3-10(4-2-9)11-5-6-11/h1-4,11-12,17-18H,5-8H2. The third-order valence-electron chi connectivity index (χ3n) is 3.07. The summed E-state index contributed by atoms with van der Waals surface area (Å²) in [6.45, 7) is -0.147. The molecule has 0 amide bonds. The van der Waals surface area contributed by atoms with Gasteiger partial charge in [0, 0.05) is 13.1 Å². The molecule has 2 rings (SSSR count). The quantitative estimate of drug-likeness (QED) is 0.851. The molecule has 2 N–H and O–H groups in total. The van der Waals surface area contributed by atoms with Gasteiger partial charge in [-0.15, -0.1) is 0 Å². The van der Waals surface area contributed by atoms with Gasteiger partial charge in [0.2, 0.25) is 0 Å². The molecule has 1 aromatic carbocycles. The van der Waals surface area contributed by atoms with E-state index in [2.05, 4.69) is 5.32 Å². The Morgan fingerprint density at radius 3 is 2.33 bits per heavy atom. The van der Waals surface area contributed by atoms with Crippen LogP contribution in [0.15, 0.2) is 24.3 Å². The van der Waals surface area contributed by atoms with E-state index in [4.69, 9.17) is 5.11 Å². The molecule has 1 aliphatic rings. The van der Waals surface area contributed by atoms with Gasteiger partial charge in [0.05, 0.1) is 0 Å². The first kappa shape index (κ1) is 13.4. The van der Waals surface area contributed by atoms with Crippen molar-refractivity contribution in [3.8, 4) is 0 Å². The smallest absolute Gasteiger partial charge is 0.382 e. The molecule has 1 aromatic rings. The number of hydrogen-bond acceptors (Lipinski definition) is 2. The van der Waals surface area contributed by atoms with Gasteiger partial charge in [0.15, 0.2) is 6.10 Å². The molecule has 0 radical (unpaired) electrons. The lowest BCUT2D eigenvalue weighted by atomic mass is 10.1. The molecule has 1 saturated carbocycles. The third-order valence-corrected chi connectivity index (χ3v) is 3.07. The molecule has 1 aliphatic carbocycles. The normalized spacial score (nSPS) is 17.8. The number of halogens is 3. The minimum atomic E-state index is -4.55. The molecule has 0 saturated heterocycles. The van der Waals surface area contributed by atoms with E-state index in [9.17, 15) is 13.2 Å². The maximum absolute atomic E-state index is 12.0. The molecule has 0 aliphatic heterocycles. The van der Waals surface area contributed by atoms with Crippen LogP contribution in [0.1, 0.15) is 29.9 Å². The van der Waals surface area contributed by atoms with Crippen LogP contribution in [-0.4, -0.2) is 23.9 Å². The molecule has 0 spiro atoms. The first-order valence-corrected chi connectivity index (χ1v) is 6.01. The van der Waals surface area contributed by atoms with Crippen LogP contribution in [0, 0.1) is 0 Å². The Labute approximate surface area is 104 Å². The molecule has 0 heterocycles. The molecule has 1 fully saturated rings. The molecule has 100 valence electrons. The van der Waals surface area contributed by atoms with Crippen molar-refractivity contribution in [3.63, 3.8) is 0 Å². The van der Waals surface area contributed by atoms with Crippen molar-refractivity contribution in [3.05, 3.63) is 35.4 Å². The van der Waals surface area contributed by atoms with Gasteiger partial charge in [-0.25, -0.2) is 0 Å². The lowest BCUT2D eigenvalue weighted by molar-refractivity contribution is -0.201. The first-order chi connectivity index (χ1) is 8.47. The summed E-state index contributed by atoms with van der Waals surface area (Å²) >= 11 is 0. The van der Waals surface area contributed by atoms with Crippen molar-refractivity contribution < 1.29 is 18.3 Å². The Balaban J connectivity index is 1.76. The highest BCUT2D eigenvalue weighted by Gasteiger charge is 2.37. The summed E-state index contributed by atoms with van der Waals surface area (Å²) in [6, 6.07) is 7.88. The summed E-state index contributed by atoms with van der Waals surface area (Å²) in [5.74, 6) is 0.680. The van der Waals surface area contributed by atoms with Crippen molar-refractivity contribution in [2.75, 3.05) is 6.54 Å². The second-order valence-electron chi connectivity index (χ2n) is 4.70. The molecule has 1 atom stereocenters. The topological polar surface area (TPSA) is 32.3 Å². The summed E-state index contributed by atoms with van der Waals surface area (Å²) in [5, 5.41) is 11.4. The molecule has 0 aromatic heterocycles. The SMILES string of the molecule is OC(CNCc1ccc(C2CC2)cc1)C(F)(F)F. The first-order valence-electron chi connectivity index (χ1n) is 6.01. The Kier molecular flexibility index (Phi) is 3.92. The van der Waals surface area contributed by atoms with E-state index in [-0.39, 0.29) is 0 Å². The predicted octanol–water partition coefficient (Wildman–Crippen LogP) is 2.58. The van der Waals surface area contributed by atoms with E-state index in [1.165, 1.54) is 18.4 Å². The van der Waals surface area contributed by atoms with Crippen LogP contribution in [0.25, 0.3) is 0 Å². The Bertz CT molecular complexity index is 384. The van der Waals surface area contributed by atoms with E-state index in [0.717, 1.165) is 5.56 Å². The summed E-state index contributed by atoms with van der Waals surface area (Å²) < 4.78 is 36.1. The van der Waals surface area contributed by atoms with E-state index in [1.807, 2.05) is 24.3 Å². The minimum absolute atomic E-state index is 0.331. The monoisotopic (exact) mass is 259 g/mol. The maximum Gasteiger partial charge on any atom is 0.415 e. The fraction of sp³-hybridized carbons (Fsp3) is 0.538. The fourth-order valence-corrected chi connectivity index (χ4v) is 1.79. The Morgan fingerprint density at radius 2 is 1.83 bits per heavy atom. The highest BCUT2D eigenvalue weighted by atomic mass is 19.4. The average Bonchev–Trinajstić information content (AvgIpc) is 3.12. The zero-order chi connectivity index (χ0) is 13.2. The van der Waals surface area contributed by atoms with E-state index >= 15 is 0 Å². The summed E-state index contributed by atoms with van der Waals surface area (Å²) in [5.41, 5.74) is 2.22. The Morgan fingerprint density at radius 1 is 1.22 bits per heavy atom. The molecule has 18 heavy (non-hydrogen) atoms. The molecule has 0 bridgehead atoms. The van der Waals surface area contributed by atoms with Crippen molar-refractivity contribution >= 4 is 0 Å². The molecule has 5 heteroatoms. The van der Waals surface area contributed by atoms with Crippen molar-refractivity contribution in [2.45, 2.75) is 37.6 Å². The summed E-state index contributed by atoms with van der Waals surface area (Å²) in [4.78, 5) is 0. The van der Waals surface area contributed by atoms with Gasteiger partial charge < -0.3 is 10.4 Å². The largest absolute Gasteiger partial charge is 0.415 e. The predicted molar refractivity (Wildman–Crippen MR) is 62.2 cm³/mol. The van der Waals surface area contributed by atoms with Crippen molar-refractivity contribution in [2.24, 2.45) is 0 Å². The van der Waals surface area contributed by atoms with Crippen LogP contribution >= 0.6 is 0 Å². The number of hydrogen-bond donors (Lipinski definition) is 2. The van der Waals surface area contributed by atoms with Gasteiger partial charge in [-0.05, 0) is 29.9 Å². The molecular weight excluding hydrogens is 243 g/mol.